The molecule has 5 rings (SSSR count). The number of H-pyrrole nitrogens is 2. The summed E-state index contributed by atoms with van der Waals surface area (Å²) in [4.78, 5) is 18.4. The molecule has 6 heteroatoms. The summed E-state index contributed by atoms with van der Waals surface area (Å²) in [6, 6.07) is 16.0. The van der Waals surface area contributed by atoms with Gasteiger partial charge in [0.1, 0.15) is 5.75 Å². The van der Waals surface area contributed by atoms with Crippen LogP contribution < -0.4 is 4.74 Å². The minimum atomic E-state index is -0.146. The van der Waals surface area contributed by atoms with E-state index in [0.29, 0.717) is 12.2 Å². The molecule has 2 N–H and O–H groups in total. The number of aromatic nitrogens is 3. The maximum absolute atomic E-state index is 13.2. The van der Waals surface area contributed by atoms with E-state index in [2.05, 4.69) is 27.3 Å². The monoisotopic (exact) mass is 386 g/mol. The van der Waals surface area contributed by atoms with Crippen molar-refractivity contribution >= 4 is 16.8 Å². The third-order valence-electron chi connectivity index (χ3n) is 5.77. The fraction of sp³-hybridized carbons (Fsp3) is 0.217. The Kier molecular flexibility index (Phi) is 4.12. The zero-order chi connectivity index (χ0) is 20.0. The Balaban J connectivity index is 1.49. The van der Waals surface area contributed by atoms with E-state index in [9.17, 15) is 4.79 Å². The number of fused-ring (bicyclic) bond motifs is 2. The van der Waals surface area contributed by atoms with Crippen LogP contribution >= 0.6 is 0 Å². The Morgan fingerprint density at radius 2 is 1.93 bits per heavy atom. The van der Waals surface area contributed by atoms with Crippen molar-refractivity contribution < 1.29 is 9.53 Å². The minimum absolute atomic E-state index is 0.0231. The van der Waals surface area contributed by atoms with Gasteiger partial charge in [-0.3, -0.25) is 9.89 Å². The van der Waals surface area contributed by atoms with Crippen LogP contribution in [0.3, 0.4) is 0 Å². The quantitative estimate of drug-likeness (QED) is 0.545. The van der Waals surface area contributed by atoms with E-state index in [1.165, 1.54) is 10.9 Å². The third kappa shape index (κ3) is 2.79. The van der Waals surface area contributed by atoms with Gasteiger partial charge >= 0.3 is 0 Å². The molecular weight excluding hydrogens is 364 g/mol. The van der Waals surface area contributed by atoms with Crippen molar-refractivity contribution in [1.29, 1.82) is 0 Å². The maximum Gasteiger partial charge on any atom is 0.275 e. The Hall–Kier alpha value is -3.54. The molecule has 6 nitrogen and oxygen atoms in total. The number of aromatic amines is 2. The molecule has 0 saturated heterocycles. The Labute approximate surface area is 168 Å². The molecule has 0 radical (unpaired) electrons. The number of ether oxygens (including phenoxy) is 1. The zero-order valence-electron chi connectivity index (χ0n) is 16.4. The molecule has 3 heterocycles. The summed E-state index contributed by atoms with van der Waals surface area (Å²) in [5.74, 6) is 0.776. The lowest BCUT2D eigenvalue weighted by Gasteiger charge is -2.26. The second-order valence-corrected chi connectivity index (χ2v) is 7.39. The molecule has 0 saturated carbocycles. The normalized spacial score (nSPS) is 15.9. The topological polar surface area (TPSA) is 74.0 Å². The molecule has 29 heavy (non-hydrogen) atoms. The first-order chi connectivity index (χ1) is 14.2. The van der Waals surface area contributed by atoms with Crippen LogP contribution in [0, 0.1) is 6.92 Å². The molecule has 4 aromatic rings. The van der Waals surface area contributed by atoms with Crippen molar-refractivity contribution in [3.8, 4) is 5.75 Å². The number of nitrogens with one attached hydrogen (secondary N) is 2. The number of benzene rings is 2. The lowest BCUT2D eigenvalue weighted by atomic mass is 9.99. The Bertz CT molecular complexity index is 1190. The van der Waals surface area contributed by atoms with Gasteiger partial charge in [-0.1, -0.05) is 30.3 Å². The average Bonchev–Trinajstić information content (AvgIpc) is 3.41. The predicted octanol–water partition coefficient (Wildman–Crippen LogP) is 4.00. The summed E-state index contributed by atoms with van der Waals surface area (Å²) < 4.78 is 5.29. The van der Waals surface area contributed by atoms with Crippen LogP contribution in [-0.4, -0.2) is 39.6 Å². The van der Waals surface area contributed by atoms with Crippen molar-refractivity contribution in [3.63, 3.8) is 0 Å². The summed E-state index contributed by atoms with van der Waals surface area (Å²) in [7, 11) is 1.65. The Morgan fingerprint density at radius 3 is 2.72 bits per heavy atom. The molecule has 146 valence electrons. The molecule has 0 spiro atoms. The first-order valence-electron chi connectivity index (χ1n) is 9.72. The van der Waals surface area contributed by atoms with E-state index in [-0.39, 0.29) is 11.9 Å². The van der Waals surface area contributed by atoms with Gasteiger partial charge in [0.2, 0.25) is 0 Å². The molecule has 1 aliphatic heterocycles. The number of carbonyl (C=O) groups is 1. The number of hydrogen-bond donors (Lipinski definition) is 2. The highest BCUT2D eigenvalue weighted by atomic mass is 16.5. The molecule has 1 amide bonds. The second-order valence-electron chi connectivity index (χ2n) is 7.39. The van der Waals surface area contributed by atoms with Crippen LogP contribution in [0.15, 0.2) is 54.7 Å². The van der Waals surface area contributed by atoms with Gasteiger partial charge in [-0.2, -0.15) is 5.10 Å². The Morgan fingerprint density at radius 1 is 1.14 bits per heavy atom. The highest BCUT2D eigenvalue weighted by molar-refractivity contribution is 5.98. The van der Waals surface area contributed by atoms with E-state index >= 15 is 0 Å². The summed E-state index contributed by atoms with van der Waals surface area (Å²) in [5.41, 5.74) is 5.82. The molecule has 2 aromatic heterocycles. The van der Waals surface area contributed by atoms with Crippen LogP contribution in [0.2, 0.25) is 0 Å². The summed E-state index contributed by atoms with van der Waals surface area (Å²) in [6.07, 6.45) is 2.81. The number of para-hydroxylation sites is 1. The smallest absolute Gasteiger partial charge is 0.275 e. The number of nitrogens with zero attached hydrogens (tertiary/aromatic N) is 2. The van der Waals surface area contributed by atoms with Gasteiger partial charge in [0.05, 0.1) is 13.2 Å². The van der Waals surface area contributed by atoms with E-state index in [0.717, 1.165) is 34.5 Å². The molecular formula is C23H22N4O2. The van der Waals surface area contributed by atoms with Gasteiger partial charge < -0.3 is 14.6 Å². The fourth-order valence-corrected chi connectivity index (χ4v) is 4.29. The lowest BCUT2D eigenvalue weighted by molar-refractivity contribution is 0.0745. The SMILES string of the molecule is COc1ccc([C@@H]2c3c(n[nH]c3C)C(=O)N2CCc2c[nH]c3ccccc23)cc1. The first kappa shape index (κ1) is 17.6. The van der Waals surface area contributed by atoms with Crippen LogP contribution in [-0.2, 0) is 6.42 Å². The van der Waals surface area contributed by atoms with E-state index < -0.39 is 0 Å². The standard InChI is InChI=1S/C23H22N4O2/c1-14-20-21(26-25-14)23(28)27(22(20)15-7-9-17(29-2)10-8-15)12-11-16-13-24-19-6-4-3-5-18(16)19/h3-10,13,22,24H,11-12H2,1-2H3,(H,25,26)/t22-/m1/s1. The number of rotatable bonds is 5. The zero-order valence-corrected chi connectivity index (χ0v) is 16.4. The number of carbonyl (C=O) groups excluding carboxylic acids is 1. The third-order valence-corrected chi connectivity index (χ3v) is 5.77. The molecule has 0 bridgehead atoms. The summed E-state index contributed by atoms with van der Waals surface area (Å²) in [5, 5.41) is 8.47. The molecule has 1 aliphatic rings. The van der Waals surface area contributed by atoms with E-state index in [1.807, 2.05) is 54.4 Å². The molecule has 0 unspecified atom stereocenters. The van der Waals surface area contributed by atoms with Crippen molar-refractivity contribution in [3.05, 3.63) is 82.8 Å². The number of amides is 1. The number of aryl methyl sites for hydroxylation is 1. The van der Waals surface area contributed by atoms with Gasteiger partial charge in [0.25, 0.3) is 5.91 Å². The maximum atomic E-state index is 13.2. The van der Waals surface area contributed by atoms with Gasteiger partial charge in [-0.25, -0.2) is 0 Å². The minimum Gasteiger partial charge on any atom is -0.497 e. The molecule has 2 aromatic carbocycles. The van der Waals surface area contributed by atoms with Crippen LogP contribution in [0.5, 0.6) is 5.75 Å². The number of methoxy groups -OCH3 is 1. The van der Waals surface area contributed by atoms with Gasteiger partial charge in [-0.15, -0.1) is 0 Å². The highest BCUT2D eigenvalue weighted by Gasteiger charge is 2.41. The second kappa shape index (κ2) is 6.81. The van der Waals surface area contributed by atoms with Gasteiger partial charge in [-0.05, 0) is 42.7 Å². The van der Waals surface area contributed by atoms with Crippen LogP contribution in [0.4, 0.5) is 0 Å². The van der Waals surface area contributed by atoms with Gasteiger partial charge in [0, 0.05) is 34.9 Å². The van der Waals surface area contributed by atoms with Crippen LogP contribution in [0.1, 0.15) is 38.9 Å². The van der Waals surface area contributed by atoms with E-state index in [1.54, 1.807) is 7.11 Å². The highest BCUT2D eigenvalue weighted by Crippen LogP contribution is 2.39. The van der Waals surface area contributed by atoms with Crippen LogP contribution in [0.25, 0.3) is 10.9 Å². The average molecular weight is 386 g/mol. The first-order valence-corrected chi connectivity index (χ1v) is 9.72. The number of hydrogen-bond acceptors (Lipinski definition) is 3. The van der Waals surface area contributed by atoms with Crippen molar-refractivity contribution in [2.24, 2.45) is 0 Å². The van der Waals surface area contributed by atoms with Crippen molar-refractivity contribution in [2.75, 3.05) is 13.7 Å². The predicted molar refractivity (Wildman–Crippen MR) is 111 cm³/mol. The largest absolute Gasteiger partial charge is 0.497 e. The molecule has 0 aliphatic carbocycles. The summed E-state index contributed by atoms with van der Waals surface area (Å²) in [6.45, 7) is 2.59. The summed E-state index contributed by atoms with van der Waals surface area (Å²) >= 11 is 0. The molecule has 0 fully saturated rings. The van der Waals surface area contributed by atoms with Crippen molar-refractivity contribution in [2.45, 2.75) is 19.4 Å². The van der Waals surface area contributed by atoms with Gasteiger partial charge in [0.15, 0.2) is 5.69 Å². The fourth-order valence-electron chi connectivity index (χ4n) is 4.29. The lowest BCUT2D eigenvalue weighted by Crippen LogP contribution is -2.31. The van der Waals surface area contributed by atoms with E-state index in [4.69, 9.17) is 4.74 Å². The molecule has 1 atom stereocenters. The van der Waals surface area contributed by atoms with Crippen molar-refractivity contribution in [1.82, 2.24) is 20.1 Å².